The Morgan fingerprint density at radius 2 is 1.95 bits per heavy atom. The summed E-state index contributed by atoms with van der Waals surface area (Å²) in [5.41, 5.74) is 6.33. The quantitative estimate of drug-likeness (QED) is 0.825. The van der Waals surface area contributed by atoms with E-state index in [1.807, 2.05) is 0 Å². The zero-order chi connectivity index (χ0) is 14.0. The molecule has 6 heteroatoms. The Labute approximate surface area is 113 Å². The van der Waals surface area contributed by atoms with Gasteiger partial charge in [0.2, 0.25) is 0 Å². The molecule has 1 aliphatic rings. The summed E-state index contributed by atoms with van der Waals surface area (Å²) in [7, 11) is -3.23. The zero-order valence-corrected chi connectivity index (χ0v) is 11.6. The van der Waals surface area contributed by atoms with Crippen LogP contribution in [0.15, 0.2) is 29.2 Å². The monoisotopic (exact) mass is 282 g/mol. The molecule has 1 aromatic rings. The van der Waals surface area contributed by atoms with Gasteiger partial charge in [-0.15, -0.1) is 0 Å². The van der Waals surface area contributed by atoms with E-state index in [2.05, 4.69) is 5.32 Å². The van der Waals surface area contributed by atoms with E-state index >= 15 is 0 Å². The van der Waals surface area contributed by atoms with Crippen LogP contribution in [0, 0.1) is 5.92 Å². The Hall–Kier alpha value is -1.40. The lowest BCUT2D eigenvalue weighted by Crippen LogP contribution is -2.38. The van der Waals surface area contributed by atoms with E-state index in [1.165, 1.54) is 24.3 Å². The number of hydrogen-bond acceptors (Lipinski definition) is 4. The molecule has 0 aliphatic heterocycles. The second kappa shape index (κ2) is 5.30. The number of sulfone groups is 1. The zero-order valence-electron chi connectivity index (χ0n) is 10.8. The number of nitrogens with two attached hydrogens (primary N) is 1. The van der Waals surface area contributed by atoms with Crippen LogP contribution in [0.1, 0.15) is 23.2 Å². The molecule has 3 N–H and O–H groups in total. The Morgan fingerprint density at radius 1 is 1.37 bits per heavy atom. The number of carbonyl (C=O) groups is 1. The lowest BCUT2D eigenvalue weighted by Gasteiger charge is -2.11. The molecule has 1 aliphatic carbocycles. The molecule has 0 spiro atoms. The van der Waals surface area contributed by atoms with Crippen molar-refractivity contribution >= 4 is 15.7 Å². The van der Waals surface area contributed by atoms with Crippen LogP contribution in [0.25, 0.3) is 0 Å². The summed E-state index contributed by atoms with van der Waals surface area (Å²) in [5, 5.41) is 2.76. The molecule has 1 fully saturated rings. The average Bonchev–Trinajstić information content (AvgIpc) is 3.19. The van der Waals surface area contributed by atoms with Gasteiger partial charge in [0.05, 0.1) is 4.90 Å². The molecule has 1 saturated carbocycles. The van der Waals surface area contributed by atoms with Gasteiger partial charge in [-0.05, 0) is 43.0 Å². The van der Waals surface area contributed by atoms with Gasteiger partial charge in [-0.3, -0.25) is 4.79 Å². The van der Waals surface area contributed by atoms with Gasteiger partial charge in [-0.25, -0.2) is 8.42 Å². The second-order valence-electron chi connectivity index (χ2n) is 5.01. The van der Waals surface area contributed by atoms with Crippen molar-refractivity contribution in [2.45, 2.75) is 23.8 Å². The first-order valence-corrected chi connectivity index (χ1v) is 8.11. The van der Waals surface area contributed by atoms with E-state index in [4.69, 9.17) is 5.73 Å². The van der Waals surface area contributed by atoms with Gasteiger partial charge in [-0.1, -0.05) is 0 Å². The van der Waals surface area contributed by atoms with E-state index in [1.54, 1.807) is 0 Å². The Bertz CT molecular complexity index is 562. The van der Waals surface area contributed by atoms with Crippen molar-refractivity contribution in [2.75, 3.05) is 12.8 Å². The van der Waals surface area contributed by atoms with Crippen molar-refractivity contribution < 1.29 is 13.2 Å². The van der Waals surface area contributed by atoms with Crippen LogP contribution in [-0.2, 0) is 9.84 Å². The van der Waals surface area contributed by atoms with Crippen molar-refractivity contribution in [3.8, 4) is 0 Å². The summed E-state index contributed by atoms with van der Waals surface area (Å²) in [4.78, 5) is 12.0. The number of nitrogens with one attached hydrogen (secondary N) is 1. The molecule has 0 radical (unpaired) electrons. The number of hydrogen-bond donors (Lipinski definition) is 2. The van der Waals surface area contributed by atoms with Crippen molar-refractivity contribution in [1.82, 2.24) is 5.32 Å². The lowest BCUT2D eigenvalue weighted by atomic mass is 10.2. The van der Waals surface area contributed by atoms with E-state index in [0.29, 0.717) is 18.0 Å². The van der Waals surface area contributed by atoms with Crippen LogP contribution < -0.4 is 11.1 Å². The minimum absolute atomic E-state index is 0.0132. The van der Waals surface area contributed by atoms with Crippen molar-refractivity contribution in [3.05, 3.63) is 29.8 Å². The highest BCUT2D eigenvalue weighted by atomic mass is 32.2. The van der Waals surface area contributed by atoms with Crippen molar-refractivity contribution in [3.63, 3.8) is 0 Å². The van der Waals surface area contributed by atoms with Crippen LogP contribution in [-0.4, -0.2) is 33.2 Å². The minimum atomic E-state index is -3.23. The first-order valence-electron chi connectivity index (χ1n) is 6.22. The highest BCUT2D eigenvalue weighted by Crippen LogP contribution is 2.31. The highest BCUT2D eigenvalue weighted by molar-refractivity contribution is 7.90. The smallest absolute Gasteiger partial charge is 0.251 e. The third-order valence-electron chi connectivity index (χ3n) is 3.27. The first-order chi connectivity index (χ1) is 8.88. The molecule has 1 atom stereocenters. The van der Waals surface area contributed by atoms with Crippen molar-refractivity contribution in [2.24, 2.45) is 11.7 Å². The normalized spacial score (nSPS) is 16.9. The lowest BCUT2D eigenvalue weighted by molar-refractivity contribution is 0.0950. The van der Waals surface area contributed by atoms with Gasteiger partial charge in [0.25, 0.3) is 5.91 Å². The minimum Gasteiger partial charge on any atom is -0.350 e. The van der Waals surface area contributed by atoms with Gasteiger partial charge >= 0.3 is 0 Å². The van der Waals surface area contributed by atoms with Crippen LogP contribution in [0.2, 0.25) is 0 Å². The standard InChI is InChI=1S/C13H18N2O3S/c1-19(17,18)11-6-4-10(5-7-11)13(16)15-8-12(14)9-2-3-9/h4-7,9,12H,2-3,8,14H2,1H3,(H,15,16). The fourth-order valence-electron chi connectivity index (χ4n) is 1.86. The molecule has 1 aromatic carbocycles. The Kier molecular flexibility index (Phi) is 3.91. The predicted octanol–water partition coefficient (Wildman–Crippen LogP) is 0.557. The predicted molar refractivity (Wildman–Crippen MR) is 72.6 cm³/mol. The molecule has 0 bridgehead atoms. The molecule has 0 aromatic heterocycles. The summed E-state index contributed by atoms with van der Waals surface area (Å²) >= 11 is 0. The Morgan fingerprint density at radius 3 is 2.42 bits per heavy atom. The van der Waals surface area contributed by atoms with E-state index in [0.717, 1.165) is 19.1 Å². The van der Waals surface area contributed by atoms with Gasteiger partial charge in [-0.2, -0.15) is 0 Å². The largest absolute Gasteiger partial charge is 0.350 e. The molecule has 0 saturated heterocycles. The van der Waals surface area contributed by atoms with Crippen LogP contribution >= 0.6 is 0 Å². The number of benzene rings is 1. The maximum absolute atomic E-state index is 11.8. The SMILES string of the molecule is CS(=O)(=O)c1ccc(C(=O)NCC(N)C2CC2)cc1. The third-order valence-corrected chi connectivity index (χ3v) is 4.40. The van der Waals surface area contributed by atoms with Crippen LogP contribution in [0.4, 0.5) is 0 Å². The summed E-state index contributed by atoms with van der Waals surface area (Å²) in [6.45, 7) is 0.456. The fourth-order valence-corrected chi connectivity index (χ4v) is 2.49. The molecule has 0 heterocycles. The first kappa shape index (κ1) is 14.0. The summed E-state index contributed by atoms with van der Waals surface area (Å²) in [5.74, 6) is 0.309. The maximum atomic E-state index is 11.8. The molecule has 1 amide bonds. The number of rotatable bonds is 5. The fraction of sp³-hybridized carbons (Fsp3) is 0.462. The van der Waals surface area contributed by atoms with Crippen molar-refractivity contribution in [1.29, 1.82) is 0 Å². The summed E-state index contributed by atoms with van der Waals surface area (Å²) in [6.07, 6.45) is 3.41. The maximum Gasteiger partial charge on any atom is 0.251 e. The molecule has 19 heavy (non-hydrogen) atoms. The van der Waals surface area contributed by atoms with E-state index in [9.17, 15) is 13.2 Å². The summed E-state index contributed by atoms with van der Waals surface area (Å²) in [6, 6.07) is 5.90. The molecular formula is C13H18N2O3S. The highest BCUT2D eigenvalue weighted by Gasteiger charge is 2.28. The molecule has 2 rings (SSSR count). The van der Waals surface area contributed by atoms with Gasteiger partial charge in [0.15, 0.2) is 9.84 Å². The van der Waals surface area contributed by atoms with E-state index in [-0.39, 0.29) is 16.8 Å². The third kappa shape index (κ3) is 3.78. The molecule has 5 nitrogen and oxygen atoms in total. The van der Waals surface area contributed by atoms with Crippen LogP contribution in [0.3, 0.4) is 0 Å². The van der Waals surface area contributed by atoms with E-state index < -0.39 is 9.84 Å². The number of amides is 1. The molecule has 104 valence electrons. The van der Waals surface area contributed by atoms with Crippen LogP contribution in [0.5, 0.6) is 0 Å². The van der Waals surface area contributed by atoms with Gasteiger partial charge in [0.1, 0.15) is 0 Å². The number of carbonyl (C=O) groups excluding carboxylic acids is 1. The average molecular weight is 282 g/mol. The summed E-state index contributed by atoms with van der Waals surface area (Å²) < 4.78 is 22.6. The van der Waals surface area contributed by atoms with Gasteiger partial charge < -0.3 is 11.1 Å². The molecular weight excluding hydrogens is 264 g/mol. The second-order valence-corrected chi connectivity index (χ2v) is 7.02. The van der Waals surface area contributed by atoms with Gasteiger partial charge in [0, 0.05) is 24.4 Å². The topological polar surface area (TPSA) is 89.3 Å². The Balaban J connectivity index is 1.95. The molecule has 1 unspecified atom stereocenters.